The third-order valence-corrected chi connectivity index (χ3v) is 3.23. The van der Waals surface area contributed by atoms with Crippen LogP contribution in [0.25, 0.3) is 0 Å². The molecule has 0 spiro atoms. The van der Waals surface area contributed by atoms with Crippen molar-refractivity contribution in [2.45, 2.75) is 6.54 Å². The van der Waals surface area contributed by atoms with Gasteiger partial charge in [-0.1, -0.05) is 22.0 Å². The fourth-order valence-corrected chi connectivity index (χ4v) is 2.09. The summed E-state index contributed by atoms with van der Waals surface area (Å²) in [6.07, 6.45) is 0. The zero-order valence-electron chi connectivity index (χ0n) is 10.3. The van der Waals surface area contributed by atoms with Crippen LogP contribution in [0.4, 0.5) is 10.1 Å². The number of hydrogen-bond donors (Lipinski definition) is 1. The second-order valence-electron chi connectivity index (χ2n) is 4.08. The Hall–Kier alpha value is -2.37. The van der Waals surface area contributed by atoms with Crippen molar-refractivity contribution in [2.24, 2.45) is 0 Å². The number of nitriles is 2. The molecule has 0 aliphatic carbocycles. The van der Waals surface area contributed by atoms with Crippen LogP contribution in [0, 0.1) is 28.5 Å². The van der Waals surface area contributed by atoms with Gasteiger partial charge in [0, 0.05) is 11.0 Å². The molecule has 0 radical (unpaired) electrons. The van der Waals surface area contributed by atoms with E-state index in [9.17, 15) is 4.39 Å². The Bertz CT molecular complexity index is 729. The molecule has 0 saturated carbocycles. The predicted molar refractivity (Wildman–Crippen MR) is 77.3 cm³/mol. The van der Waals surface area contributed by atoms with Crippen molar-refractivity contribution >= 4 is 21.6 Å². The quantitative estimate of drug-likeness (QED) is 0.927. The van der Waals surface area contributed by atoms with Crippen LogP contribution < -0.4 is 5.32 Å². The first-order valence-electron chi connectivity index (χ1n) is 5.76. The maximum Gasteiger partial charge on any atom is 0.140 e. The fourth-order valence-electron chi connectivity index (χ4n) is 1.73. The predicted octanol–water partition coefficient (Wildman–Crippen LogP) is 3.94. The molecule has 5 heteroatoms. The van der Waals surface area contributed by atoms with Crippen LogP contribution in [0.3, 0.4) is 0 Å². The Balaban J connectivity index is 2.19. The average Bonchev–Trinajstić information content (AvgIpc) is 2.46. The van der Waals surface area contributed by atoms with Gasteiger partial charge >= 0.3 is 0 Å². The first kappa shape index (κ1) is 14.0. The Labute approximate surface area is 124 Å². The molecule has 0 bridgehead atoms. The van der Waals surface area contributed by atoms with Gasteiger partial charge in [0.25, 0.3) is 0 Å². The summed E-state index contributed by atoms with van der Waals surface area (Å²) in [6, 6.07) is 13.6. The highest BCUT2D eigenvalue weighted by Crippen LogP contribution is 2.21. The summed E-state index contributed by atoms with van der Waals surface area (Å²) in [5.74, 6) is -0.531. The number of anilines is 1. The van der Waals surface area contributed by atoms with Crippen molar-refractivity contribution in [3.05, 3.63) is 63.4 Å². The highest BCUT2D eigenvalue weighted by molar-refractivity contribution is 9.10. The number of nitrogens with one attached hydrogen (secondary N) is 1. The Morgan fingerprint density at radius 2 is 1.80 bits per heavy atom. The van der Waals surface area contributed by atoms with Crippen molar-refractivity contribution in [3.8, 4) is 12.1 Å². The first-order chi connectivity index (χ1) is 9.63. The van der Waals surface area contributed by atoms with E-state index in [1.165, 1.54) is 12.1 Å². The van der Waals surface area contributed by atoms with Gasteiger partial charge < -0.3 is 5.32 Å². The Morgan fingerprint density at radius 1 is 1.05 bits per heavy atom. The molecule has 0 saturated heterocycles. The summed E-state index contributed by atoms with van der Waals surface area (Å²) >= 11 is 3.34. The van der Waals surface area contributed by atoms with Crippen molar-refractivity contribution in [2.75, 3.05) is 5.32 Å². The number of rotatable bonds is 3. The molecule has 0 unspecified atom stereocenters. The standard InChI is InChI=1S/C15H9BrFN3/c16-13-3-2-11(7-18)15(6-13)20-9-10-1-4-14(17)12(5-10)8-19/h1-6,20H,9H2. The van der Waals surface area contributed by atoms with E-state index in [1.54, 1.807) is 30.3 Å². The third kappa shape index (κ3) is 3.14. The number of benzene rings is 2. The Kier molecular flexibility index (Phi) is 4.34. The smallest absolute Gasteiger partial charge is 0.140 e. The van der Waals surface area contributed by atoms with Gasteiger partial charge in [0.1, 0.15) is 18.0 Å². The molecule has 0 aliphatic heterocycles. The van der Waals surface area contributed by atoms with Gasteiger partial charge in [0.05, 0.1) is 16.8 Å². The largest absolute Gasteiger partial charge is 0.380 e. The van der Waals surface area contributed by atoms with Crippen molar-refractivity contribution in [1.29, 1.82) is 10.5 Å². The summed E-state index contributed by atoms with van der Waals surface area (Å²) in [7, 11) is 0. The Morgan fingerprint density at radius 3 is 2.50 bits per heavy atom. The minimum absolute atomic E-state index is 0.0130. The molecule has 0 amide bonds. The minimum Gasteiger partial charge on any atom is -0.380 e. The zero-order valence-corrected chi connectivity index (χ0v) is 11.9. The lowest BCUT2D eigenvalue weighted by molar-refractivity contribution is 0.623. The molecule has 1 N–H and O–H groups in total. The summed E-state index contributed by atoms with van der Waals surface area (Å²) < 4.78 is 14.1. The summed E-state index contributed by atoms with van der Waals surface area (Å²) in [6.45, 7) is 0.403. The van der Waals surface area contributed by atoms with Crippen LogP contribution in [-0.2, 0) is 6.54 Å². The molecule has 98 valence electrons. The number of halogens is 2. The van der Waals surface area contributed by atoms with E-state index in [2.05, 4.69) is 27.3 Å². The minimum atomic E-state index is -0.531. The van der Waals surface area contributed by atoms with Crippen molar-refractivity contribution < 1.29 is 4.39 Å². The van der Waals surface area contributed by atoms with E-state index in [0.717, 1.165) is 10.0 Å². The lowest BCUT2D eigenvalue weighted by Gasteiger charge is -2.09. The second kappa shape index (κ2) is 6.18. The fraction of sp³-hybridized carbons (Fsp3) is 0.0667. The molecule has 2 rings (SSSR count). The topological polar surface area (TPSA) is 59.6 Å². The number of hydrogen-bond acceptors (Lipinski definition) is 3. The van der Waals surface area contributed by atoms with Crippen LogP contribution in [0.15, 0.2) is 40.9 Å². The molecular weight excluding hydrogens is 321 g/mol. The van der Waals surface area contributed by atoms with Gasteiger partial charge in [-0.25, -0.2) is 4.39 Å². The molecule has 20 heavy (non-hydrogen) atoms. The van der Waals surface area contributed by atoms with Gasteiger partial charge in [-0.2, -0.15) is 10.5 Å². The van der Waals surface area contributed by atoms with Gasteiger partial charge in [-0.15, -0.1) is 0 Å². The molecule has 0 atom stereocenters. The molecule has 2 aromatic rings. The van der Waals surface area contributed by atoms with Crippen LogP contribution in [0.1, 0.15) is 16.7 Å². The maximum absolute atomic E-state index is 13.2. The molecule has 2 aromatic carbocycles. The van der Waals surface area contributed by atoms with E-state index in [-0.39, 0.29) is 5.56 Å². The second-order valence-corrected chi connectivity index (χ2v) is 5.00. The molecule has 3 nitrogen and oxygen atoms in total. The van der Waals surface area contributed by atoms with Gasteiger partial charge in [-0.3, -0.25) is 0 Å². The highest BCUT2D eigenvalue weighted by Gasteiger charge is 2.05. The molecule has 0 fully saturated rings. The molecule has 0 aromatic heterocycles. The van der Waals surface area contributed by atoms with E-state index in [4.69, 9.17) is 10.5 Å². The monoisotopic (exact) mass is 329 g/mol. The van der Waals surface area contributed by atoms with Crippen LogP contribution >= 0.6 is 15.9 Å². The third-order valence-electron chi connectivity index (χ3n) is 2.74. The summed E-state index contributed by atoms with van der Waals surface area (Å²) in [5, 5.41) is 20.9. The van der Waals surface area contributed by atoms with Crippen LogP contribution in [0.2, 0.25) is 0 Å². The normalized spacial score (nSPS) is 9.60. The average molecular weight is 330 g/mol. The van der Waals surface area contributed by atoms with E-state index in [1.807, 2.05) is 0 Å². The van der Waals surface area contributed by atoms with E-state index >= 15 is 0 Å². The van der Waals surface area contributed by atoms with Crippen molar-refractivity contribution in [3.63, 3.8) is 0 Å². The van der Waals surface area contributed by atoms with Crippen LogP contribution in [-0.4, -0.2) is 0 Å². The summed E-state index contributed by atoms with van der Waals surface area (Å²) in [4.78, 5) is 0. The highest BCUT2D eigenvalue weighted by atomic mass is 79.9. The lowest BCUT2D eigenvalue weighted by Crippen LogP contribution is -2.02. The van der Waals surface area contributed by atoms with Gasteiger partial charge in [-0.05, 0) is 35.9 Å². The molecule has 0 heterocycles. The van der Waals surface area contributed by atoms with Gasteiger partial charge in [0.15, 0.2) is 0 Å². The summed E-state index contributed by atoms with van der Waals surface area (Å²) in [5.41, 5.74) is 1.99. The first-order valence-corrected chi connectivity index (χ1v) is 6.55. The maximum atomic E-state index is 13.2. The lowest BCUT2D eigenvalue weighted by atomic mass is 10.1. The van der Waals surface area contributed by atoms with Crippen molar-refractivity contribution in [1.82, 2.24) is 0 Å². The van der Waals surface area contributed by atoms with E-state index < -0.39 is 5.82 Å². The van der Waals surface area contributed by atoms with Gasteiger partial charge in [0.2, 0.25) is 0 Å². The molecule has 0 aliphatic rings. The number of nitrogens with zero attached hydrogens (tertiary/aromatic N) is 2. The van der Waals surface area contributed by atoms with Crippen LogP contribution in [0.5, 0.6) is 0 Å². The molecular formula is C15H9BrFN3. The SMILES string of the molecule is N#Cc1cc(CNc2cc(Br)ccc2C#N)ccc1F. The zero-order chi connectivity index (χ0) is 14.5. The van der Waals surface area contributed by atoms with E-state index in [0.29, 0.717) is 17.8 Å².